The molecule has 17 heavy (non-hydrogen) atoms. The zero-order chi connectivity index (χ0) is 12.3. The molecule has 0 amide bonds. The molecule has 1 saturated carbocycles. The van der Waals surface area contributed by atoms with Gasteiger partial charge in [-0.1, -0.05) is 19.8 Å². The zero-order valence-corrected chi connectivity index (χ0v) is 10.2. The van der Waals surface area contributed by atoms with Gasteiger partial charge >= 0.3 is 0 Å². The van der Waals surface area contributed by atoms with Gasteiger partial charge in [0, 0.05) is 6.54 Å². The molecule has 1 N–H and O–H groups in total. The number of benzene rings is 1. The molecule has 1 fully saturated rings. The van der Waals surface area contributed by atoms with Crippen LogP contribution in [0.5, 0.6) is 0 Å². The molecule has 2 unspecified atom stereocenters. The fourth-order valence-electron chi connectivity index (χ4n) is 2.63. The molecular weight excluding hydrogens is 220 g/mol. The fraction of sp³-hybridized carbons (Fsp3) is 0.571. The van der Waals surface area contributed by atoms with Crippen LogP contribution in [0.3, 0.4) is 0 Å². The van der Waals surface area contributed by atoms with Crippen LogP contribution in [0.4, 0.5) is 14.5 Å². The van der Waals surface area contributed by atoms with E-state index >= 15 is 0 Å². The van der Waals surface area contributed by atoms with Crippen molar-refractivity contribution in [2.45, 2.75) is 32.6 Å². The van der Waals surface area contributed by atoms with Crippen LogP contribution in [0, 0.1) is 23.5 Å². The molecule has 0 aliphatic heterocycles. The van der Waals surface area contributed by atoms with Crippen molar-refractivity contribution in [1.82, 2.24) is 0 Å². The fourth-order valence-corrected chi connectivity index (χ4v) is 2.63. The summed E-state index contributed by atoms with van der Waals surface area (Å²) >= 11 is 0. The molecule has 0 bridgehead atoms. The van der Waals surface area contributed by atoms with Crippen LogP contribution in [0.2, 0.25) is 0 Å². The average molecular weight is 239 g/mol. The van der Waals surface area contributed by atoms with Crippen LogP contribution in [0.1, 0.15) is 32.6 Å². The van der Waals surface area contributed by atoms with Gasteiger partial charge in [-0.3, -0.25) is 0 Å². The van der Waals surface area contributed by atoms with Crippen molar-refractivity contribution < 1.29 is 8.78 Å². The summed E-state index contributed by atoms with van der Waals surface area (Å²) in [7, 11) is 0. The summed E-state index contributed by atoms with van der Waals surface area (Å²) < 4.78 is 26.3. The van der Waals surface area contributed by atoms with Gasteiger partial charge in [-0.15, -0.1) is 0 Å². The molecule has 0 spiro atoms. The molecule has 1 nitrogen and oxygen atoms in total. The summed E-state index contributed by atoms with van der Waals surface area (Å²) in [5.74, 6) is 0.565. The maximum Gasteiger partial charge on any atom is 0.146 e. The van der Waals surface area contributed by atoms with Crippen molar-refractivity contribution in [3.05, 3.63) is 29.8 Å². The van der Waals surface area contributed by atoms with Crippen LogP contribution in [-0.2, 0) is 0 Å². The lowest BCUT2D eigenvalue weighted by atomic mass is 9.82. The molecule has 2 rings (SSSR count). The van der Waals surface area contributed by atoms with Gasteiger partial charge in [0.05, 0.1) is 5.69 Å². The van der Waals surface area contributed by atoms with Gasteiger partial charge < -0.3 is 5.32 Å². The van der Waals surface area contributed by atoms with E-state index in [0.29, 0.717) is 5.92 Å². The quantitative estimate of drug-likeness (QED) is 0.833. The Hall–Kier alpha value is -1.12. The number of anilines is 1. The van der Waals surface area contributed by atoms with E-state index in [0.717, 1.165) is 18.5 Å². The molecule has 0 heterocycles. The van der Waals surface area contributed by atoms with Crippen molar-refractivity contribution in [3.8, 4) is 0 Å². The van der Waals surface area contributed by atoms with Crippen molar-refractivity contribution in [2.24, 2.45) is 11.8 Å². The van der Waals surface area contributed by atoms with E-state index in [4.69, 9.17) is 0 Å². The third-order valence-corrected chi connectivity index (χ3v) is 3.55. The van der Waals surface area contributed by atoms with Crippen molar-refractivity contribution >= 4 is 5.69 Å². The summed E-state index contributed by atoms with van der Waals surface area (Å²) in [5.41, 5.74) is 0.281. The first-order chi connectivity index (χ1) is 8.15. The number of hydrogen-bond donors (Lipinski definition) is 1. The largest absolute Gasteiger partial charge is 0.382 e. The Morgan fingerprint density at radius 2 is 2.12 bits per heavy atom. The second kappa shape index (κ2) is 5.48. The Morgan fingerprint density at radius 1 is 1.29 bits per heavy atom. The summed E-state index contributed by atoms with van der Waals surface area (Å²) in [6.45, 7) is 3.00. The van der Waals surface area contributed by atoms with Crippen LogP contribution in [-0.4, -0.2) is 6.54 Å². The Morgan fingerprint density at radius 3 is 2.88 bits per heavy atom. The number of rotatable bonds is 3. The molecule has 0 saturated heterocycles. The molecule has 0 radical (unpaired) electrons. The predicted molar refractivity (Wildman–Crippen MR) is 66.0 cm³/mol. The van der Waals surface area contributed by atoms with E-state index < -0.39 is 5.82 Å². The lowest BCUT2D eigenvalue weighted by Gasteiger charge is -2.27. The standard InChI is InChI=1S/C14H19F2N/c1-10-3-2-4-11(7-10)9-17-14-8-12(15)5-6-13(14)16/h5-6,8,10-11,17H,2-4,7,9H2,1H3. The van der Waals surface area contributed by atoms with E-state index in [9.17, 15) is 8.78 Å². The SMILES string of the molecule is CC1CCCC(CNc2cc(F)ccc2F)C1. The van der Waals surface area contributed by atoms with Gasteiger partial charge in [0.2, 0.25) is 0 Å². The smallest absolute Gasteiger partial charge is 0.146 e. The van der Waals surface area contributed by atoms with E-state index in [1.807, 2.05) is 0 Å². The Labute approximate surface area is 101 Å². The van der Waals surface area contributed by atoms with Crippen molar-refractivity contribution in [2.75, 3.05) is 11.9 Å². The molecule has 2 atom stereocenters. The molecule has 1 aliphatic carbocycles. The van der Waals surface area contributed by atoms with Crippen LogP contribution in [0.25, 0.3) is 0 Å². The van der Waals surface area contributed by atoms with Gasteiger partial charge in [0.15, 0.2) is 0 Å². The first-order valence-electron chi connectivity index (χ1n) is 6.34. The molecule has 3 heteroatoms. The highest BCUT2D eigenvalue weighted by atomic mass is 19.1. The molecule has 94 valence electrons. The third kappa shape index (κ3) is 3.42. The minimum Gasteiger partial charge on any atom is -0.382 e. The number of hydrogen-bond acceptors (Lipinski definition) is 1. The summed E-state index contributed by atoms with van der Waals surface area (Å²) in [4.78, 5) is 0. The number of halogens is 2. The van der Waals surface area contributed by atoms with Gasteiger partial charge in [0.25, 0.3) is 0 Å². The van der Waals surface area contributed by atoms with Crippen molar-refractivity contribution in [3.63, 3.8) is 0 Å². The second-order valence-electron chi connectivity index (χ2n) is 5.14. The molecule has 1 aromatic carbocycles. The summed E-state index contributed by atoms with van der Waals surface area (Å²) in [6, 6.07) is 3.53. The summed E-state index contributed by atoms with van der Waals surface area (Å²) in [5, 5.41) is 3.03. The normalized spacial score (nSPS) is 24.6. The first-order valence-corrected chi connectivity index (χ1v) is 6.34. The zero-order valence-electron chi connectivity index (χ0n) is 10.2. The highest BCUT2D eigenvalue weighted by Crippen LogP contribution is 2.29. The lowest BCUT2D eigenvalue weighted by Crippen LogP contribution is -2.21. The van der Waals surface area contributed by atoms with Crippen LogP contribution >= 0.6 is 0 Å². The highest BCUT2D eigenvalue weighted by Gasteiger charge is 2.18. The molecule has 0 aromatic heterocycles. The summed E-state index contributed by atoms with van der Waals surface area (Å²) in [6.07, 6.45) is 4.92. The third-order valence-electron chi connectivity index (χ3n) is 3.55. The topological polar surface area (TPSA) is 12.0 Å². The van der Waals surface area contributed by atoms with Crippen LogP contribution < -0.4 is 5.32 Å². The van der Waals surface area contributed by atoms with Gasteiger partial charge in [-0.25, -0.2) is 8.78 Å². The number of nitrogens with one attached hydrogen (secondary N) is 1. The van der Waals surface area contributed by atoms with E-state index in [-0.39, 0.29) is 11.5 Å². The van der Waals surface area contributed by atoms with Gasteiger partial charge in [0.1, 0.15) is 11.6 Å². The van der Waals surface area contributed by atoms with Gasteiger partial charge in [-0.05, 0) is 42.9 Å². The highest BCUT2D eigenvalue weighted by molar-refractivity contribution is 5.44. The molecular formula is C14H19F2N. The minimum atomic E-state index is -0.397. The van der Waals surface area contributed by atoms with Crippen molar-refractivity contribution in [1.29, 1.82) is 0 Å². The molecule has 1 aromatic rings. The Bertz CT molecular complexity index is 378. The minimum absolute atomic E-state index is 0.281. The predicted octanol–water partition coefficient (Wildman–Crippen LogP) is 4.20. The second-order valence-corrected chi connectivity index (χ2v) is 5.14. The van der Waals surface area contributed by atoms with E-state index in [1.165, 1.54) is 37.8 Å². The first kappa shape index (κ1) is 12.3. The van der Waals surface area contributed by atoms with E-state index in [2.05, 4.69) is 12.2 Å². The Balaban J connectivity index is 1.90. The van der Waals surface area contributed by atoms with Gasteiger partial charge in [-0.2, -0.15) is 0 Å². The Kier molecular flexibility index (Phi) is 3.97. The maximum atomic E-state index is 13.4. The maximum absolute atomic E-state index is 13.4. The average Bonchev–Trinajstić information content (AvgIpc) is 2.30. The molecule has 1 aliphatic rings. The van der Waals surface area contributed by atoms with Crippen LogP contribution in [0.15, 0.2) is 18.2 Å². The lowest BCUT2D eigenvalue weighted by molar-refractivity contribution is 0.293. The van der Waals surface area contributed by atoms with E-state index in [1.54, 1.807) is 0 Å². The monoisotopic (exact) mass is 239 g/mol.